The lowest BCUT2D eigenvalue weighted by Crippen LogP contribution is -2.55. The highest BCUT2D eigenvalue weighted by Crippen LogP contribution is 2.15. The van der Waals surface area contributed by atoms with Gasteiger partial charge < -0.3 is 21.1 Å². The number of aromatic nitrogens is 2. The van der Waals surface area contributed by atoms with Crippen LogP contribution in [0.25, 0.3) is 0 Å². The number of unbranched alkanes of at least 4 members (excludes halogenated alkanes) is 1. The number of nitrogens with two attached hydrogens (primary N) is 1. The van der Waals surface area contributed by atoms with Crippen molar-refractivity contribution >= 4 is 21.8 Å². The molecule has 0 aliphatic heterocycles. The van der Waals surface area contributed by atoms with Crippen LogP contribution in [-0.2, 0) is 27.6 Å². The van der Waals surface area contributed by atoms with Gasteiger partial charge in [0.05, 0.1) is 23.8 Å². The number of amides is 2. The van der Waals surface area contributed by atoms with Crippen LogP contribution in [0.5, 0.6) is 0 Å². The number of hydrogen-bond donors (Lipinski definition) is 3. The van der Waals surface area contributed by atoms with Gasteiger partial charge in [-0.2, -0.15) is 9.78 Å². The van der Waals surface area contributed by atoms with Crippen LogP contribution in [0.2, 0.25) is 0 Å². The molecule has 10 nitrogen and oxygen atoms in total. The fraction of sp³-hybridized carbons (Fsp3) is 0.387. The largest absolute Gasteiger partial charge is 0.390 e. The van der Waals surface area contributed by atoms with Gasteiger partial charge in [0, 0.05) is 37.0 Å². The molecule has 0 saturated carbocycles. The number of terminal acetylenes is 1. The molecule has 0 unspecified atom stereocenters. The van der Waals surface area contributed by atoms with Gasteiger partial charge in [-0.25, -0.2) is 22.0 Å². The van der Waals surface area contributed by atoms with Crippen LogP contribution >= 0.6 is 0 Å². The number of nitrogens with zero attached hydrogens (tertiary/aromatic N) is 3. The van der Waals surface area contributed by atoms with E-state index in [4.69, 9.17) is 12.2 Å². The van der Waals surface area contributed by atoms with Gasteiger partial charge in [-0.3, -0.25) is 4.79 Å². The summed E-state index contributed by atoms with van der Waals surface area (Å²) < 4.78 is 54.4. The van der Waals surface area contributed by atoms with Gasteiger partial charge >= 0.3 is 6.03 Å². The van der Waals surface area contributed by atoms with Crippen LogP contribution in [0.1, 0.15) is 42.0 Å². The first-order valence-electron chi connectivity index (χ1n) is 14.1. The molecule has 44 heavy (non-hydrogen) atoms. The highest BCUT2D eigenvalue weighted by atomic mass is 32.2. The van der Waals surface area contributed by atoms with E-state index in [2.05, 4.69) is 16.3 Å². The number of aliphatic hydroxyl groups is 1. The van der Waals surface area contributed by atoms with Crippen molar-refractivity contribution in [1.29, 1.82) is 0 Å². The van der Waals surface area contributed by atoms with Gasteiger partial charge in [-0.05, 0) is 60.7 Å². The fourth-order valence-corrected chi connectivity index (χ4v) is 6.18. The molecule has 0 aliphatic rings. The van der Waals surface area contributed by atoms with Crippen LogP contribution in [0.4, 0.5) is 13.6 Å². The molecule has 0 bridgehead atoms. The average Bonchev–Trinajstić information content (AvgIpc) is 3.40. The maximum Gasteiger partial charge on any atom is 0.342 e. The zero-order valence-corrected chi connectivity index (χ0v) is 25.4. The zero-order chi connectivity index (χ0) is 32.4. The third-order valence-corrected chi connectivity index (χ3v) is 8.57. The fourth-order valence-electron chi connectivity index (χ4n) is 4.55. The van der Waals surface area contributed by atoms with E-state index in [0.717, 1.165) is 16.8 Å². The van der Waals surface area contributed by atoms with Gasteiger partial charge in [0.2, 0.25) is 5.91 Å². The Balaban J connectivity index is 1.93. The minimum atomic E-state index is -3.80. The van der Waals surface area contributed by atoms with E-state index in [-0.39, 0.29) is 30.8 Å². The molecule has 0 spiro atoms. The summed E-state index contributed by atoms with van der Waals surface area (Å²) in [6, 6.07) is 6.20. The molecule has 13 heteroatoms. The molecule has 4 N–H and O–H groups in total. The van der Waals surface area contributed by atoms with Crippen molar-refractivity contribution in [1.82, 2.24) is 20.0 Å². The second-order valence-corrected chi connectivity index (χ2v) is 12.9. The molecular weight excluding hydrogens is 592 g/mol. The van der Waals surface area contributed by atoms with Crippen molar-refractivity contribution in [2.45, 2.75) is 57.8 Å². The third-order valence-electron chi connectivity index (χ3n) is 6.82. The lowest BCUT2D eigenvalue weighted by Gasteiger charge is -2.31. The molecule has 3 atom stereocenters. The van der Waals surface area contributed by atoms with Crippen molar-refractivity contribution in [2.24, 2.45) is 5.73 Å². The summed E-state index contributed by atoms with van der Waals surface area (Å²) in [6.45, 7) is 3.04. The Bertz CT molecular complexity index is 1580. The van der Waals surface area contributed by atoms with E-state index < -0.39 is 57.4 Å². The minimum absolute atomic E-state index is 0.116. The summed E-state index contributed by atoms with van der Waals surface area (Å²) in [6.07, 6.45) is 7.84. The number of carbonyl (C=O) groups is 2. The highest BCUT2D eigenvalue weighted by molar-refractivity contribution is 7.91. The monoisotopic (exact) mass is 629 g/mol. The second-order valence-electron chi connectivity index (χ2n) is 10.7. The van der Waals surface area contributed by atoms with Gasteiger partial charge in [0.15, 0.2) is 9.84 Å². The summed E-state index contributed by atoms with van der Waals surface area (Å²) >= 11 is 0. The number of hydrogen-bond acceptors (Lipinski definition) is 7. The summed E-state index contributed by atoms with van der Waals surface area (Å²) in [4.78, 5) is 28.2. The molecular formula is C31H37F2N5O5S. The first kappa shape index (κ1) is 34.4. The van der Waals surface area contributed by atoms with Crippen LogP contribution in [-0.4, -0.2) is 76.4 Å². The summed E-state index contributed by atoms with van der Waals surface area (Å²) in [7, 11) is -3.80. The first-order chi connectivity index (χ1) is 20.8. The Labute approximate surface area is 256 Å². The molecule has 1 aromatic heterocycles. The van der Waals surface area contributed by atoms with Gasteiger partial charge in [-0.15, -0.1) is 6.42 Å². The predicted molar refractivity (Wildman–Crippen MR) is 162 cm³/mol. The van der Waals surface area contributed by atoms with Crippen molar-refractivity contribution < 1.29 is 31.9 Å². The summed E-state index contributed by atoms with van der Waals surface area (Å²) in [5, 5.41) is 17.5. The molecule has 2 aromatic carbocycles. The van der Waals surface area contributed by atoms with Crippen molar-refractivity contribution in [3.63, 3.8) is 0 Å². The summed E-state index contributed by atoms with van der Waals surface area (Å²) in [5.74, 6) is -0.777. The molecule has 1 heterocycles. The Kier molecular flexibility index (Phi) is 12.2. The number of aryl methyl sites for hydroxylation is 1. The van der Waals surface area contributed by atoms with E-state index in [1.54, 1.807) is 31.2 Å². The third kappa shape index (κ3) is 10.3. The van der Waals surface area contributed by atoms with Crippen LogP contribution < -0.4 is 11.1 Å². The number of aliphatic hydroxyl groups excluding tert-OH is 1. The first-order valence-corrected chi connectivity index (χ1v) is 15.9. The molecule has 3 rings (SSSR count). The Hall–Kier alpha value is -4.12. The molecule has 3 aromatic rings. The minimum Gasteiger partial charge on any atom is -0.390 e. The van der Waals surface area contributed by atoms with Crippen LogP contribution in [0, 0.1) is 30.9 Å². The number of nitrogens with one attached hydrogen (secondary N) is 1. The van der Waals surface area contributed by atoms with E-state index >= 15 is 0 Å². The average molecular weight is 630 g/mol. The van der Waals surface area contributed by atoms with Gasteiger partial charge in [0.25, 0.3) is 0 Å². The van der Waals surface area contributed by atoms with E-state index in [1.807, 2.05) is 6.92 Å². The molecule has 0 radical (unpaired) electrons. The Morgan fingerprint density at radius 3 is 2.50 bits per heavy atom. The lowest BCUT2D eigenvalue weighted by atomic mass is 10.0. The normalized spacial score (nSPS) is 13.5. The number of carbonyl (C=O) groups excluding carboxylic acids is 2. The maximum absolute atomic E-state index is 14.1. The molecule has 0 saturated heterocycles. The molecule has 236 valence electrons. The van der Waals surface area contributed by atoms with E-state index in [9.17, 15) is 31.9 Å². The molecule has 0 fully saturated rings. The van der Waals surface area contributed by atoms with Crippen LogP contribution in [0.3, 0.4) is 0 Å². The standard InChI is InChI=1S/C31H37F2N5O5S/c1-4-6-10-44(42,43)20-28(36-31(41)38-17-21(3)16-35-38)30(40)37(18-23-9-7-8-22(5-2)11-23)19-29(39)27(34)14-24-12-25(32)15-26(33)13-24/h2,7-9,11-13,15-17,27-29,39H,4,6,10,14,18-20,34H2,1,3H3,(H,36,41)/t27-,28+,29+/m0/s1. The smallest absolute Gasteiger partial charge is 0.342 e. The zero-order valence-electron chi connectivity index (χ0n) is 24.6. The Morgan fingerprint density at radius 1 is 1.18 bits per heavy atom. The van der Waals surface area contributed by atoms with Crippen LogP contribution in [0.15, 0.2) is 54.9 Å². The van der Waals surface area contributed by atoms with E-state index in [0.29, 0.717) is 35.6 Å². The van der Waals surface area contributed by atoms with Crippen molar-refractivity contribution in [2.75, 3.05) is 18.1 Å². The van der Waals surface area contributed by atoms with E-state index in [1.165, 1.54) is 17.3 Å². The number of sulfone groups is 1. The van der Waals surface area contributed by atoms with Gasteiger partial charge in [0.1, 0.15) is 17.7 Å². The maximum atomic E-state index is 14.1. The quantitative estimate of drug-likeness (QED) is 0.232. The Morgan fingerprint density at radius 2 is 1.89 bits per heavy atom. The van der Waals surface area contributed by atoms with Crippen molar-refractivity contribution in [3.05, 3.63) is 88.7 Å². The SMILES string of the molecule is C#Cc1cccc(CN(C[C@@H](O)[C@@H](N)Cc2cc(F)cc(F)c2)C(=O)[C@@H](CS(=O)(=O)CCCC)NC(=O)n2cc(C)cn2)c1. The summed E-state index contributed by atoms with van der Waals surface area (Å²) in [5.41, 5.74) is 8.17. The number of halogens is 2. The van der Waals surface area contributed by atoms with Gasteiger partial charge in [-0.1, -0.05) is 31.4 Å². The highest BCUT2D eigenvalue weighted by Gasteiger charge is 2.33. The molecule has 2 amide bonds. The molecule has 0 aliphatic carbocycles. The topological polar surface area (TPSA) is 148 Å². The van der Waals surface area contributed by atoms with Crippen molar-refractivity contribution in [3.8, 4) is 12.3 Å². The number of benzene rings is 2. The predicted octanol–water partition coefficient (Wildman–Crippen LogP) is 2.55. The number of rotatable bonds is 14. The lowest BCUT2D eigenvalue weighted by molar-refractivity contribution is -0.135. The second kappa shape index (κ2) is 15.6.